The van der Waals surface area contributed by atoms with Crippen LogP contribution in [0, 0.1) is 5.92 Å². The van der Waals surface area contributed by atoms with E-state index in [4.69, 9.17) is 11.6 Å². The molecule has 2 rings (SSSR count). The van der Waals surface area contributed by atoms with Gasteiger partial charge in [-0.3, -0.25) is 4.79 Å². The summed E-state index contributed by atoms with van der Waals surface area (Å²) in [6, 6.07) is 17.4. The summed E-state index contributed by atoms with van der Waals surface area (Å²) in [5.41, 5.74) is 2.10. The lowest BCUT2D eigenvalue weighted by Crippen LogP contribution is -2.30. The number of benzene rings is 2. The first kappa shape index (κ1) is 15.6. The van der Waals surface area contributed by atoms with E-state index in [2.05, 4.69) is 5.32 Å². The third-order valence-electron chi connectivity index (χ3n) is 3.24. The summed E-state index contributed by atoms with van der Waals surface area (Å²) >= 11 is 5.95. The molecule has 0 saturated carbocycles. The maximum Gasteiger partial charge on any atom is 0.221 e. The Morgan fingerprint density at radius 3 is 2.14 bits per heavy atom. The Hall–Kier alpha value is -1.80. The number of hydrogen-bond donors (Lipinski definition) is 1. The first-order valence-corrected chi connectivity index (χ1v) is 7.54. The van der Waals surface area contributed by atoms with Crippen molar-refractivity contribution in [3.05, 3.63) is 70.7 Å². The molecule has 1 atom stereocenters. The lowest BCUT2D eigenvalue weighted by Gasteiger charge is -2.20. The molecule has 2 nitrogen and oxygen atoms in total. The maximum absolute atomic E-state index is 12.1. The van der Waals surface area contributed by atoms with Crippen molar-refractivity contribution in [3.8, 4) is 0 Å². The van der Waals surface area contributed by atoms with Crippen molar-refractivity contribution < 1.29 is 4.79 Å². The van der Waals surface area contributed by atoms with Gasteiger partial charge >= 0.3 is 0 Å². The highest BCUT2D eigenvalue weighted by Crippen LogP contribution is 2.23. The van der Waals surface area contributed by atoms with Crippen molar-refractivity contribution in [1.29, 1.82) is 0 Å². The van der Waals surface area contributed by atoms with Crippen molar-refractivity contribution in [3.63, 3.8) is 0 Å². The molecule has 0 unspecified atom stereocenters. The van der Waals surface area contributed by atoms with Gasteiger partial charge in [-0.25, -0.2) is 0 Å². The van der Waals surface area contributed by atoms with Crippen LogP contribution < -0.4 is 5.32 Å². The lowest BCUT2D eigenvalue weighted by molar-refractivity contribution is -0.122. The Kier molecular flexibility index (Phi) is 5.40. The van der Waals surface area contributed by atoms with Crippen LogP contribution in [-0.4, -0.2) is 5.91 Å². The van der Waals surface area contributed by atoms with Gasteiger partial charge in [0.25, 0.3) is 0 Å². The third-order valence-corrected chi connectivity index (χ3v) is 3.49. The molecule has 0 aliphatic heterocycles. The Morgan fingerprint density at radius 1 is 1.00 bits per heavy atom. The molecule has 2 aromatic carbocycles. The number of amides is 1. The van der Waals surface area contributed by atoms with Crippen molar-refractivity contribution >= 4 is 17.5 Å². The van der Waals surface area contributed by atoms with Gasteiger partial charge in [-0.1, -0.05) is 67.9 Å². The van der Waals surface area contributed by atoms with Crippen LogP contribution in [-0.2, 0) is 4.79 Å². The molecular weight excluding hydrogens is 282 g/mol. The van der Waals surface area contributed by atoms with Crippen LogP contribution in [0.15, 0.2) is 54.6 Å². The molecule has 0 aromatic heterocycles. The van der Waals surface area contributed by atoms with Crippen molar-refractivity contribution in [2.24, 2.45) is 5.92 Å². The van der Waals surface area contributed by atoms with Crippen LogP contribution in [0.3, 0.4) is 0 Å². The molecule has 0 fully saturated rings. The van der Waals surface area contributed by atoms with Crippen molar-refractivity contribution in [1.82, 2.24) is 5.32 Å². The summed E-state index contributed by atoms with van der Waals surface area (Å²) in [5.74, 6) is 0.403. The minimum atomic E-state index is -0.144. The largest absolute Gasteiger partial charge is 0.345 e. The fraction of sp³-hybridized carbons (Fsp3) is 0.278. The Morgan fingerprint density at radius 2 is 1.57 bits per heavy atom. The van der Waals surface area contributed by atoms with Crippen LogP contribution in [0.1, 0.15) is 37.4 Å². The smallest absolute Gasteiger partial charge is 0.221 e. The zero-order valence-corrected chi connectivity index (χ0v) is 13.1. The molecule has 0 spiro atoms. The van der Waals surface area contributed by atoms with Gasteiger partial charge in [0.15, 0.2) is 0 Å². The molecule has 0 radical (unpaired) electrons. The minimum absolute atomic E-state index is 0.0637. The van der Waals surface area contributed by atoms with Gasteiger partial charge < -0.3 is 5.32 Å². The summed E-state index contributed by atoms with van der Waals surface area (Å²) in [4.78, 5) is 12.1. The van der Waals surface area contributed by atoms with Gasteiger partial charge in [0, 0.05) is 11.4 Å². The second-order valence-corrected chi connectivity index (χ2v) is 6.00. The van der Waals surface area contributed by atoms with E-state index < -0.39 is 0 Å². The van der Waals surface area contributed by atoms with E-state index >= 15 is 0 Å². The molecule has 1 N–H and O–H groups in total. The quantitative estimate of drug-likeness (QED) is 0.859. The number of hydrogen-bond acceptors (Lipinski definition) is 1. The maximum atomic E-state index is 12.1. The zero-order chi connectivity index (χ0) is 15.2. The molecule has 0 aliphatic carbocycles. The molecule has 21 heavy (non-hydrogen) atoms. The van der Waals surface area contributed by atoms with E-state index in [1.807, 2.05) is 68.4 Å². The molecule has 3 heteroatoms. The average Bonchev–Trinajstić information content (AvgIpc) is 2.46. The van der Waals surface area contributed by atoms with Gasteiger partial charge in [0.05, 0.1) is 6.04 Å². The number of rotatable bonds is 5. The average molecular weight is 302 g/mol. The highest BCUT2D eigenvalue weighted by Gasteiger charge is 2.17. The first-order valence-electron chi connectivity index (χ1n) is 7.16. The van der Waals surface area contributed by atoms with Gasteiger partial charge in [0.1, 0.15) is 0 Å². The van der Waals surface area contributed by atoms with E-state index in [0.717, 1.165) is 11.1 Å². The van der Waals surface area contributed by atoms with E-state index in [-0.39, 0.29) is 11.9 Å². The van der Waals surface area contributed by atoms with E-state index in [0.29, 0.717) is 17.4 Å². The second kappa shape index (κ2) is 7.28. The lowest BCUT2D eigenvalue weighted by atomic mass is 9.98. The summed E-state index contributed by atoms with van der Waals surface area (Å²) in [7, 11) is 0. The highest BCUT2D eigenvalue weighted by molar-refractivity contribution is 6.30. The van der Waals surface area contributed by atoms with Crippen LogP contribution in [0.2, 0.25) is 5.02 Å². The molecule has 2 aromatic rings. The number of halogens is 1. The number of carbonyl (C=O) groups is 1. The monoisotopic (exact) mass is 301 g/mol. The predicted molar refractivity (Wildman–Crippen MR) is 87.3 cm³/mol. The topological polar surface area (TPSA) is 29.1 Å². The summed E-state index contributed by atoms with van der Waals surface area (Å²) in [6.07, 6.45) is 0.525. The Labute approximate surface area is 131 Å². The fourth-order valence-electron chi connectivity index (χ4n) is 2.25. The first-order chi connectivity index (χ1) is 10.1. The zero-order valence-electron chi connectivity index (χ0n) is 12.3. The SMILES string of the molecule is CC(C)CC(=O)N[C@@H](c1ccccc1)c1ccc(Cl)cc1. The van der Waals surface area contributed by atoms with Crippen LogP contribution in [0.4, 0.5) is 0 Å². The summed E-state index contributed by atoms with van der Waals surface area (Å²) in [5, 5.41) is 3.81. The summed E-state index contributed by atoms with van der Waals surface area (Å²) in [6.45, 7) is 4.08. The molecule has 0 aliphatic rings. The van der Waals surface area contributed by atoms with Gasteiger partial charge in [-0.15, -0.1) is 0 Å². The molecule has 110 valence electrons. The van der Waals surface area contributed by atoms with Crippen LogP contribution >= 0.6 is 11.6 Å². The minimum Gasteiger partial charge on any atom is -0.345 e. The molecular formula is C18H20ClNO. The van der Waals surface area contributed by atoms with E-state index in [9.17, 15) is 4.79 Å². The van der Waals surface area contributed by atoms with Gasteiger partial charge in [-0.05, 0) is 29.2 Å². The fourth-order valence-corrected chi connectivity index (χ4v) is 2.38. The standard InChI is InChI=1S/C18H20ClNO/c1-13(2)12-17(21)20-18(14-6-4-3-5-7-14)15-8-10-16(19)11-9-15/h3-11,13,18H,12H2,1-2H3,(H,20,21)/t18-/m0/s1. The van der Waals surface area contributed by atoms with Crippen molar-refractivity contribution in [2.75, 3.05) is 0 Å². The Balaban J connectivity index is 2.27. The third kappa shape index (κ3) is 4.61. The summed E-state index contributed by atoms with van der Waals surface area (Å²) < 4.78 is 0. The van der Waals surface area contributed by atoms with Gasteiger partial charge in [-0.2, -0.15) is 0 Å². The number of carbonyl (C=O) groups excluding carboxylic acids is 1. The van der Waals surface area contributed by atoms with E-state index in [1.165, 1.54) is 0 Å². The van der Waals surface area contributed by atoms with Gasteiger partial charge in [0.2, 0.25) is 5.91 Å². The predicted octanol–water partition coefficient (Wildman–Crippen LogP) is 4.59. The van der Waals surface area contributed by atoms with Crippen molar-refractivity contribution in [2.45, 2.75) is 26.3 Å². The second-order valence-electron chi connectivity index (χ2n) is 5.56. The normalized spacial score (nSPS) is 12.2. The van der Waals surface area contributed by atoms with Crippen LogP contribution in [0.5, 0.6) is 0 Å². The van der Waals surface area contributed by atoms with Crippen LogP contribution in [0.25, 0.3) is 0 Å². The highest BCUT2D eigenvalue weighted by atomic mass is 35.5. The molecule has 0 bridgehead atoms. The molecule has 0 heterocycles. The molecule has 0 saturated heterocycles. The number of nitrogens with one attached hydrogen (secondary N) is 1. The Bertz CT molecular complexity index is 578. The van der Waals surface area contributed by atoms with E-state index in [1.54, 1.807) is 0 Å². The molecule has 1 amide bonds.